The van der Waals surface area contributed by atoms with Crippen LogP contribution >= 0.6 is 23.2 Å². The highest BCUT2D eigenvalue weighted by Gasteiger charge is 2.48. The minimum Gasteiger partial charge on any atom is -0.399 e. The van der Waals surface area contributed by atoms with E-state index < -0.39 is 12.1 Å². The molecule has 2 aromatic rings. The van der Waals surface area contributed by atoms with E-state index in [1.165, 1.54) is 4.90 Å². The van der Waals surface area contributed by atoms with Crippen molar-refractivity contribution in [3.63, 3.8) is 0 Å². The van der Waals surface area contributed by atoms with Gasteiger partial charge in [-0.2, -0.15) is 0 Å². The molecule has 0 aliphatic carbocycles. The average molecular weight is 407 g/mol. The molecule has 1 fully saturated rings. The van der Waals surface area contributed by atoms with Gasteiger partial charge in [-0.25, -0.2) is 9.69 Å². The van der Waals surface area contributed by atoms with Gasteiger partial charge in [0.15, 0.2) is 0 Å². The van der Waals surface area contributed by atoms with Gasteiger partial charge in [0.2, 0.25) is 0 Å². The first-order valence-corrected chi connectivity index (χ1v) is 9.16. The first kappa shape index (κ1) is 19.5. The fraction of sp³-hybridized carbons (Fsp3) is 0.263. The second-order valence-electron chi connectivity index (χ2n) is 6.47. The number of urea groups is 1. The highest BCUT2D eigenvalue weighted by atomic mass is 35.5. The van der Waals surface area contributed by atoms with Crippen molar-refractivity contribution < 1.29 is 9.59 Å². The van der Waals surface area contributed by atoms with Crippen LogP contribution in [0.25, 0.3) is 0 Å². The predicted molar refractivity (Wildman–Crippen MR) is 108 cm³/mol. The van der Waals surface area contributed by atoms with Crippen molar-refractivity contribution in [2.24, 2.45) is 0 Å². The van der Waals surface area contributed by atoms with E-state index in [-0.39, 0.29) is 11.8 Å². The number of halogens is 2. The van der Waals surface area contributed by atoms with Gasteiger partial charge in [-0.3, -0.25) is 4.79 Å². The van der Waals surface area contributed by atoms with E-state index in [0.717, 1.165) is 10.5 Å². The molecule has 0 saturated carbocycles. The monoisotopic (exact) mass is 406 g/mol. The average Bonchev–Trinajstić information content (AvgIpc) is 2.82. The molecule has 1 aliphatic rings. The Bertz CT molecular complexity index is 852. The summed E-state index contributed by atoms with van der Waals surface area (Å²) in [6.07, 6.45) is 0. The summed E-state index contributed by atoms with van der Waals surface area (Å²) in [5, 5.41) is 3.82. The Labute approximate surface area is 167 Å². The van der Waals surface area contributed by atoms with Gasteiger partial charge in [0.1, 0.15) is 6.04 Å². The SMILES string of the molecule is CNC[C@@H](c1ccc(N)cc1)C1C(=O)N(c2cc(Cl)cc(Cl)c2)C(=O)N1C. The molecular formula is C19H20Cl2N4O2. The molecule has 0 bridgehead atoms. The number of nitrogens with zero attached hydrogens (tertiary/aromatic N) is 2. The first-order valence-electron chi connectivity index (χ1n) is 8.40. The van der Waals surface area contributed by atoms with Crippen molar-refractivity contribution in [1.82, 2.24) is 10.2 Å². The number of nitrogen functional groups attached to an aromatic ring is 1. The zero-order valence-electron chi connectivity index (χ0n) is 14.9. The molecule has 2 aromatic carbocycles. The third-order valence-electron chi connectivity index (χ3n) is 4.66. The third kappa shape index (κ3) is 3.74. The van der Waals surface area contributed by atoms with E-state index in [4.69, 9.17) is 28.9 Å². The van der Waals surface area contributed by atoms with Crippen LogP contribution in [0.4, 0.5) is 16.2 Å². The number of carbonyl (C=O) groups excluding carboxylic acids is 2. The van der Waals surface area contributed by atoms with Crippen LogP contribution in [0.3, 0.4) is 0 Å². The molecule has 3 N–H and O–H groups in total. The van der Waals surface area contributed by atoms with Crippen LogP contribution < -0.4 is 16.0 Å². The summed E-state index contributed by atoms with van der Waals surface area (Å²) in [6.45, 7) is 0.516. The predicted octanol–water partition coefficient (Wildman–Crippen LogP) is 3.35. The minimum atomic E-state index is -0.661. The maximum Gasteiger partial charge on any atom is 0.331 e. The Morgan fingerprint density at radius 3 is 2.26 bits per heavy atom. The minimum absolute atomic E-state index is 0.239. The van der Waals surface area contributed by atoms with Gasteiger partial charge in [-0.1, -0.05) is 35.3 Å². The van der Waals surface area contributed by atoms with Crippen LogP contribution in [0.1, 0.15) is 11.5 Å². The maximum absolute atomic E-state index is 13.2. The van der Waals surface area contributed by atoms with Crippen molar-refractivity contribution in [2.75, 3.05) is 31.3 Å². The van der Waals surface area contributed by atoms with E-state index in [0.29, 0.717) is 28.0 Å². The molecule has 3 rings (SSSR count). The lowest BCUT2D eigenvalue weighted by Crippen LogP contribution is -2.41. The number of benzene rings is 2. The number of hydrogen-bond acceptors (Lipinski definition) is 4. The second-order valence-corrected chi connectivity index (χ2v) is 7.34. The molecule has 8 heteroatoms. The molecular weight excluding hydrogens is 387 g/mol. The van der Waals surface area contributed by atoms with Gasteiger partial charge in [-0.15, -0.1) is 0 Å². The summed E-state index contributed by atoms with van der Waals surface area (Å²) in [7, 11) is 3.43. The number of amides is 3. The standard InChI is InChI=1S/C19H20Cl2N4O2/c1-23-10-16(11-3-5-14(22)6-4-11)17-18(26)25(19(27)24(17)2)15-8-12(20)7-13(21)9-15/h3-9,16-17,23H,10,22H2,1-2H3/t16-,17?/m0/s1. The van der Waals surface area contributed by atoms with E-state index in [2.05, 4.69) is 5.32 Å². The quantitative estimate of drug-likeness (QED) is 0.589. The molecule has 1 heterocycles. The lowest BCUT2D eigenvalue weighted by Gasteiger charge is -2.26. The number of rotatable bonds is 5. The normalized spacial score (nSPS) is 18.3. The largest absolute Gasteiger partial charge is 0.399 e. The van der Waals surface area contributed by atoms with Crippen LogP contribution in [0.15, 0.2) is 42.5 Å². The highest BCUT2D eigenvalue weighted by Crippen LogP contribution is 2.34. The number of hydrogen-bond donors (Lipinski definition) is 2. The van der Waals surface area contributed by atoms with Crippen LogP contribution in [-0.2, 0) is 4.79 Å². The molecule has 0 spiro atoms. The molecule has 1 unspecified atom stereocenters. The van der Waals surface area contributed by atoms with Crippen molar-refractivity contribution in [2.45, 2.75) is 12.0 Å². The summed E-state index contributed by atoms with van der Waals surface area (Å²) in [5.74, 6) is -0.561. The molecule has 0 radical (unpaired) electrons. The van der Waals surface area contributed by atoms with E-state index >= 15 is 0 Å². The van der Waals surface area contributed by atoms with Gasteiger partial charge in [0, 0.05) is 35.2 Å². The third-order valence-corrected chi connectivity index (χ3v) is 5.10. The second kappa shape index (κ2) is 7.76. The number of nitrogens with one attached hydrogen (secondary N) is 1. The molecule has 142 valence electrons. The molecule has 27 heavy (non-hydrogen) atoms. The van der Waals surface area contributed by atoms with Crippen molar-refractivity contribution in [3.05, 3.63) is 58.1 Å². The molecule has 6 nitrogen and oxygen atoms in total. The summed E-state index contributed by atoms with van der Waals surface area (Å²) in [5.41, 5.74) is 7.69. The van der Waals surface area contributed by atoms with Crippen molar-refractivity contribution >= 4 is 46.5 Å². The lowest BCUT2D eigenvalue weighted by atomic mass is 9.90. The number of nitrogens with two attached hydrogens (primary N) is 1. The fourth-order valence-corrected chi connectivity index (χ4v) is 3.91. The Balaban J connectivity index is 2.00. The number of likely N-dealkylation sites (N-methyl/N-ethyl adjacent to an activating group) is 2. The zero-order valence-corrected chi connectivity index (χ0v) is 16.5. The van der Waals surface area contributed by atoms with Gasteiger partial charge in [0.25, 0.3) is 5.91 Å². The lowest BCUT2D eigenvalue weighted by molar-refractivity contribution is -0.120. The maximum atomic E-state index is 13.2. The Morgan fingerprint density at radius 1 is 1.11 bits per heavy atom. The smallest absolute Gasteiger partial charge is 0.331 e. The van der Waals surface area contributed by atoms with Crippen molar-refractivity contribution in [3.8, 4) is 0 Å². The Hall–Kier alpha value is -2.28. The van der Waals surface area contributed by atoms with Crippen LogP contribution in [0.2, 0.25) is 10.0 Å². The van der Waals surface area contributed by atoms with E-state index in [1.54, 1.807) is 44.4 Å². The van der Waals surface area contributed by atoms with Crippen LogP contribution in [0.5, 0.6) is 0 Å². The fourth-order valence-electron chi connectivity index (χ4n) is 3.39. The first-order chi connectivity index (χ1) is 12.8. The van der Waals surface area contributed by atoms with E-state index in [1.807, 2.05) is 12.1 Å². The number of anilines is 2. The summed E-state index contributed by atoms with van der Waals surface area (Å²) >= 11 is 12.1. The highest BCUT2D eigenvalue weighted by molar-refractivity contribution is 6.35. The Morgan fingerprint density at radius 2 is 1.70 bits per heavy atom. The van der Waals surface area contributed by atoms with Crippen LogP contribution in [-0.4, -0.2) is 43.5 Å². The van der Waals surface area contributed by atoms with Gasteiger partial charge in [-0.05, 0) is 42.9 Å². The number of imide groups is 1. The molecule has 1 saturated heterocycles. The molecule has 0 aromatic heterocycles. The van der Waals surface area contributed by atoms with Gasteiger partial charge >= 0.3 is 6.03 Å². The summed E-state index contributed by atoms with van der Waals surface area (Å²) < 4.78 is 0. The Kier molecular flexibility index (Phi) is 5.60. The van der Waals surface area contributed by atoms with Gasteiger partial charge in [0.05, 0.1) is 5.69 Å². The topological polar surface area (TPSA) is 78.7 Å². The number of carbonyl (C=O) groups is 2. The zero-order chi connectivity index (χ0) is 19.7. The van der Waals surface area contributed by atoms with Crippen LogP contribution in [0, 0.1) is 0 Å². The summed E-state index contributed by atoms with van der Waals surface area (Å²) in [4.78, 5) is 28.7. The molecule has 1 aliphatic heterocycles. The molecule has 3 amide bonds. The molecule has 2 atom stereocenters. The van der Waals surface area contributed by atoms with Crippen molar-refractivity contribution in [1.29, 1.82) is 0 Å². The summed E-state index contributed by atoms with van der Waals surface area (Å²) in [6, 6.07) is 10.9. The van der Waals surface area contributed by atoms with Gasteiger partial charge < -0.3 is 16.0 Å². The van der Waals surface area contributed by atoms with E-state index in [9.17, 15) is 9.59 Å².